The predicted molar refractivity (Wildman–Crippen MR) is 101 cm³/mol. The average Bonchev–Trinajstić information content (AvgIpc) is 2.62. The Morgan fingerprint density at radius 1 is 1.12 bits per heavy atom. The standard InChI is InChI=1S/C21H23NO4/c1-3-26-18-11-8-17(9-12-18)14-19(21(24)25)22-20(23)13-10-16-6-4-15(2)5-7-16/h4-13,19H,3,14H2,1-2H3,(H,22,23)(H,24,25)/b13-10+/t19-/m0/s1. The first-order chi connectivity index (χ1) is 12.5. The molecule has 0 aliphatic rings. The average molecular weight is 353 g/mol. The van der Waals surface area contributed by atoms with Crippen LogP contribution in [0.2, 0.25) is 0 Å². The minimum Gasteiger partial charge on any atom is -0.494 e. The highest BCUT2D eigenvalue weighted by Crippen LogP contribution is 2.13. The fourth-order valence-electron chi connectivity index (χ4n) is 2.39. The van der Waals surface area contributed by atoms with Gasteiger partial charge in [-0.05, 0) is 43.2 Å². The van der Waals surface area contributed by atoms with E-state index in [-0.39, 0.29) is 6.42 Å². The van der Waals surface area contributed by atoms with Gasteiger partial charge in [-0.3, -0.25) is 4.79 Å². The molecule has 2 aromatic rings. The number of carboxylic acid groups (broad SMARTS) is 1. The first-order valence-corrected chi connectivity index (χ1v) is 8.47. The lowest BCUT2D eigenvalue weighted by Gasteiger charge is -2.14. The van der Waals surface area contributed by atoms with Crippen molar-refractivity contribution in [2.24, 2.45) is 0 Å². The highest BCUT2D eigenvalue weighted by molar-refractivity contribution is 5.94. The Morgan fingerprint density at radius 2 is 1.77 bits per heavy atom. The highest BCUT2D eigenvalue weighted by Gasteiger charge is 2.19. The molecule has 1 amide bonds. The third kappa shape index (κ3) is 6.09. The summed E-state index contributed by atoms with van der Waals surface area (Å²) in [6.07, 6.45) is 3.20. The molecule has 0 aliphatic heterocycles. The molecule has 0 saturated carbocycles. The summed E-state index contributed by atoms with van der Waals surface area (Å²) in [5.74, 6) is -0.784. The second kappa shape index (κ2) is 9.42. The van der Waals surface area contributed by atoms with Gasteiger partial charge >= 0.3 is 5.97 Å². The minimum absolute atomic E-state index is 0.200. The molecule has 0 heterocycles. The van der Waals surface area contributed by atoms with Crippen molar-refractivity contribution in [1.29, 1.82) is 0 Å². The zero-order chi connectivity index (χ0) is 18.9. The van der Waals surface area contributed by atoms with Crippen LogP contribution in [0.3, 0.4) is 0 Å². The quantitative estimate of drug-likeness (QED) is 0.715. The maximum atomic E-state index is 12.0. The van der Waals surface area contributed by atoms with E-state index in [4.69, 9.17) is 4.74 Å². The molecule has 0 spiro atoms. The van der Waals surface area contributed by atoms with E-state index in [2.05, 4.69) is 5.32 Å². The smallest absolute Gasteiger partial charge is 0.326 e. The van der Waals surface area contributed by atoms with Gasteiger partial charge in [0.05, 0.1) is 6.61 Å². The summed E-state index contributed by atoms with van der Waals surface area (Å²) < 4.78 is 5.36. The topological polar surface area (TPSA) is 75.6 Å². The predicted octanol–water partition coefficient (Wildman–Crippen LogP) is 3.22. The number of rotatable bonds is 8. The minimum atomic E-state index is -1.07. The summed E-state index contributed by atoms with van der Waals surface area (Å²) in [4.78, 5) is 23.5. The monoisotopic (exact) mass is 353 g/mol. The number of carbonyl (C=O) groups excluding carboxylic acids is 1. The number of aliphatic carboxylic acids is 1. The number of carboxylic acids is 1. The van der Waals surface area contributed by atoms with Crippen molar-refractivity contribution >= 4 is 18.0 Å². The van der Waals surface area contributed by atoms with Crippen molar-refractivity contribution in [3.05, 3.63) is 71.3 Å². The molecule has 2 N–H and O–H groups in total. The number of aryl methyl sites for hydroxylation is 1. The van der Waals surface area contributed by atoms with Crippen molar-refractivity contribution < 1.29 is 19.4 Å². The van der Waals surface area contributed by atoms with E-state index >= 15 is 0 Å². The highest BCUT2D eigenvalue weighted by atomic mass is 16.5. The molecule has 1 atom stereocenters. The van der Waals surface area contributed by atoms with Crippen molar-refractivity contribution in [3.8, 4) is 5.75 Å². The molecular formula is C21H23NO4. The molecule has 0 radical (unpaired) electrons. The largest absolute Gasteiger partial charge is 0.494 e. The number of hydrogen-bond donors (Lipinski definition) is 2. The summed E-state index contributed by atoms with van der Waals surface area (Å²) >= 11 is 0. The Balaban J connectivity index is 1.97. The summed E-state index contributed by atoms with van der Waals surface area (Å²) in [7, 11) is 0. The van der Waals surface area contributed by atoms with Gasteiger partial charge in [0.15, 0.2) is 0 Å². The van der Waals surface area contributed by atoms with Gasteiger partial charge in [-0.2, -0.15) is 0 Å². The van der Waals surface area contributed by atoms with Crippen LogP contribution in [0.1, 0.15) is 23.6 Å². The molecule has 2 aromatic carbocycles. The van der Waals surface area contributed by atoms with Gasteiger partial charge in [0.2, 0.25) is 5.91 Å². The van der Waals surface area contributed by atoms with Crippen LogP contribution in [0, 0.1) is 6.92 Å². The van der Waals surface area contributed by atoms with Gasteiger partial charge in [0, 0.05) is 12.5 Å². The summed E-state index contributed by atoms with van der Waals surface area (Å²) in [6.45, 7) is 4.45. The van der Waals surface area contributed by atoms with E-state index in [1.54, 1.807) is 30.3 Å². The fraction of sp³-hybridized carbons (Fsp3) is 0.238. The number of ether oxygens (including phenoxy) is 1. The molecule has 0 bridgehead atoms. The first-order valence-electron chi connectivity index (χ1n) is 8.47. The van der Waals surface area contributed by atoms with Gasteiger partial charge in [0.1, 0.15) is 11.8 Å². The van der Waals surface area contributed by atoms with E-state index in [1.807, 2.05) is 38.1 Å². The Kier molecular flexibility index (Phi) is 6.97. The molecule has 0 aromatic heterocycles. The summed E-state index contributed by atoms with van der Waals surface area (Å²) in [5, 5.41) is 11.9. The molecule has 5 nitrogen and oxygen atoms in total. The third-order valence-electron chi connectivity index (χ3n) is 3.79. The zero-order valence-corrected chi connectivity index (χ0v) is 14.9. The summed E-state index contributed by atoms with van der Waals surface area (Å²) in [6, 6.07) is 13.9. The van der Waals surface area contributed by atoms with Crippen LogP contribution in [0.15, 0.2) is 54.6 Å². The number of hydrogen-bond acceptors (Lipinski definition) is 3. The van der Waals surface area contributed by atoms with Crippen molar-refractivity contribution in [2.45, 2.75) is 26.3 Å². The van der Waals surface area contributed by atoms with Crippen molar-refractivity contribution in [3.63, 3.8) is 0 Å². The Hall–Kier alpha value is -3.08. The number of amides is 1. The van der Waals surface area contributed by atoms with Crippen LogP contribution in [-0.4, -0.2) is 29.6 Å². The van der Waals surface area contributed by atoms with Crippen LogP contribution in [0.25, 0.3) is 6.08 Å². The van der Waals surface area contributed by atoms with Crippen LogP contribution >= 0.6 is 0 Å². The molecule has 0 unspecified atom stereocenters. The molecule has 2 rings (SSSR count). The van der Waals surface area contributed by atoms with Gasteiger partial charge in [-0.25, -0.2) is 4.79 Å². The van der Waals surface area contributed by atoms with Gasteiger partial charge in [-0.15, -0.1) is 0 Å². The van der Waals surface area contributed by atoms with E-state index < -0.39 is 17.9 Å². The lowest BCUT2D eigenvalue weighted by molar-refractivity contribution is -0.141. The van der Waals surface area contributed by atoms with Crippen molar-refractivity contribution in [2.75, 3.05) is 6.61 Å². The Morgan fingerprint density at radius 3 is 2.35 bits per heavy atom. The fourth-order valence-corrected chi connectivity index (χ4v) is 2.39. The SMILES string of the molecule is CCOc1ccc(C[C@H](NC(=O)/C=C/c2ccc(C)cc2)C(=O)O)cc1. The van der Waals surface area contributed by atoms with E-state index in [0.717, 1.165) is 22.4 Å². The van der Waals surface area contributed by atoms with E-state index in [9.17, 15) is 14.7 Å². The molecule has 0 saturated heterocycles. The Labute approximate surface area is 153 Å². The van der Waals surface area contributed by atoms with Crippen LogP contribution in [0.4, 0.5) is 0 Å². The first kappa shape index (κ1) is 19.2. The maximum absolute atomic E-state index is 12.0. The van der Waals surface area contributed by atoms with Crippen LogP contribution < -0.4 is 10.1 Å². The maximum Gasteiger partial charge on any atom is 0.326 e. The number of benzene rings is 2. The number of carbonyl (C=O) groups is 2. The molecule has 26 heavy (non-hydrogen) atoms. The second-order valence-electron chi connectivity index (χ2n) is 5.92. The summed E-state index contributed by atoms with van der Waals surface area (Å²) in [5.41, 5.74) is 2.82. The molecule has 0 aliphatic carbocycles. The second-order valence-corrected chi connectivity index (χ2v) is 5.92. The van der Waals surface area contributed by atoms with Gasteiger partial charge in [-0.1, -0.05) is 42.0 Å². The number of nitrogens with one attached hydrogen (secondary N) is 1. The normalized spacial score (nSPS) is 11.9. The third-order valence-corrected chi connectivity index (χ3v) is 3.79. The van der Waals surface area contributed by atoms with Crippen LogP contribution in [-0.2, 0) is 16.0 Å². The molecule has 136 valence electrons. The van der Waals surface area contributed by atoms with Gasteiger partial charge in [0.25, 0.3) is 0 Å². The van der Waals surface area contributed by atoms with E-state index in [0.29, 0.717) is 6.61 Å². The zero-order valence-electron chi connectivity index (χ0n) is 14.9. The Bertz CT molecular complexity index is 764. The van der Waals surface area contributed by atoms with Crippen LogP contribution in [0.5, 0.6) is 5.75 Å². The van der Waals surface area contributed by atoms with Crippen molar-refractivity contribution in [1.82, 2.24) is 5.32 Å². The van der Waals surface area contributed by atoms with E-state index in [1.165, 1.54) is 6.08 Å². The molecular weight excluding hydrogens is 330 g/mol. The molecule has 0 fully saturated rings. The lowest BCUT2D eigenvalue weighted by Crippen LogP contribution is -2.41. The molecule has 5 heteroatoms. The lowest BCUT2D eigenvalue weighted by atomic mass is 10.1. The van der Waals surface area contributed by atoms with Gasteiger partial charge < -0.3 is 15.2 Å².